The zero-order valence-corrected chi connectivity index (χ0v) is 11.0. The summed E-state index contributed by atoms with van der Waals surface area (Å²) in [5.41, 5.74) is -0.763. The Labute approximate surface area is 115 Å². The van der Waals surface area contributed by atoms with Gasteiger partial charge in [-0.15, -0.1) is 0 Å². The van der Waals surface area contributed by atoms with E-state index in [4.69, 9.17) is 10.2 Å². The first-order chi connectivity index (χ1) is 9.49. The average Bonchev–Trinajstić information content (AvgIpc) is 2.47. The lowest BCUT2D eigenvalue weighted by molar-refractivity contribution is 0.0720. The number of H-pyrrole nitrogens is 1. The SMILES string of the molecule is CC(CO)(CO)NC(=O)c1cc(=O)c2ccccc2[nH]1. The van der Waals surface area contributed by atoms with Crippen molar-refractivity contribution >= 4 is 16.8 Å². The van der Waals surface area contributed by atoms with Crippen molar-refractivity contribution < 1.29 is 15.0 Å². The number of pyridine rings is 1. The number of carbonyl (C=O) groups is 1. The molecule has 0 atom stereocenters. The van der Waals surface area contributed by atoms with Crippen LogP contribution in [0.2, 0.25) is 0 Å². The predicted molar refractivity (Wildman–Crippen MR) is 74.6 cm³/mol. The standard InChI is InChI=1S/C14H16N2O4/c1-14(7-17,8-18)16-13(20)11-6-12(19)9-4-2-3-5-10(9)15-11/h2-6,17-18H,7-8H2,1H3,(H,15,19)(H,16,20). The van der Waals surface area contributed by atoms with Crippen molar-refractivity contribution in [2.45, 2.75) is 12.5 Å². The van der Waals surface area contributed by atoms with Crippen molar-refractivity contribution in [2.24, 2.45) is 0 Å². The Morgan fingerprint density at radius 3 is 2.60 bits per heavy atom. The third-order valence-electron chi connectivity index (χ3n) is 3.10. The fourth-order valence-corrected chi connectivity index (χ4v) is 1.79. The summed E-state index contributed by atoms with van der Waals surface area (Å²) >= 11 is 0. The Bertz CT molecular complexity index is 689. The van der Waals surface area contributed by atoms with Gasteiger partial charge < -0.3 is 20.5 Å². The average molecular weight is 276 g/mol. The molecular formula is C14H16N2O4. The topological polar surface area (TPSA) is 102 Å². The Hall–Kier alpha value is -2.18. The van der Waals surface area contributed by atoms with Gasteiger partial charge in [-0.3, -0.25) is 9.59 Å². The van der Waals surface area contributed by atoms with Crippen LogP contribution in [0.1, 0.15) is 17.4 Å². The molecule has 0 aliphatic rings. The molecule has 1 aromatic heterocycles. The van der Waals surface area contributed by atoms with Crippen LogP contribution in [0.4, 0.5) is 0 Å². The maximum atomic E-state index is 12.1. The highest BCUT2D eigenvalue weighted by molar-refractivity contribution is 5.95. The van der Waals surface area contributed by atoms with E-state index in [0.717, 1.165) is 0 Å². The number of para-hydroxylation sites is 1. The summed E-state index contributed by atoms with van der Waals surface area (Å²) in [4.78, 5) is 26.8. The van der Waals surface area contributed by atoms with Gasteiger partial charge in [-0.05, 0) is 19.1 Å². The normalized spacial score (nSPS) is 11.6. The summed E-state index contributed by atoms with van der Waals surface area (Å²) in [5, 5.41) is 21.3. The molecule has 106 valence electrons. The van der Waals surface area contributed by atoms with Crippen LogP contribution in [0.25, 0.3) is 10.9 Å². The summed E-state index contributed by atoms with van der Waals surface area (Å²) < 4.78 is 0. The number of amides is 1. The minimum absolute atomic E-state index is 0.0850. The van der Waals surface area contributed by atoms with Gasteiger partial charge in [0.2, 0.25) is 0 Å². The summed E-state index contributed by atoms with van der Waals surface area (Å²) in [6.07, 6.45) is 0. The lowest BCUT2D eigenvalue weighted by Gasteiger charge is -2.26. The molecule has 1 heterocycles. The van der Waals surface area contributed by atoms with Gasteiger partial charge in [-0.2, -0.15) is 0 Å². The molecule has 2 rings (SSSR count). The third-order valence-corrected chi connectivity index (χ3v) is 3.10. The zero-order valence-electron chi connectivity index (χ0n) is 11.0. The van der Waals surface area contributed by atoms with Crippen LogP contribution < -0.4 is 10.7 Å². The zero-order chi connectivity index (χ0) is 14.8. The second-order valence-electron chi connectivity index (χ2n) is 4.92. The summed E-state index contributed by atoms with van der Waals surface area (Å²) in [6, 6.07) is 8.07. The number of fused-ring (bicyclic) bond motifs is 1. The minimum atomic E-state index is -1.14. The molecule has 0 unspecified atom stereocenters. The second kappa shape index (κ2) is 5.44. The van der Waals surface area contributed by atoms with Gasteiger partial charge in [0.15, 0.2) is 5.43 Å². The van der Waals surface area contributed by atoms with Crippen LogP contribution in [-0.4, -0.2) is 39.9 Å². The number of aliphatic hydroxyl groups is 2. The van der Waals surface area contributed by atoms with E-state index < -0.39 is 24.7 Å². The van der Waals surface area contributed by atoms with Gasteiger partial charge >= 0.3 is 0 Å². The van der Waals surface area contributed by atoms with Crippen LogP contribution in [0.3, 0.4) is 0 Å². The molecule has 1 amide bonds. The smallest absolute Gasteiger partial charge is 0.268 e. The molecule has 1 aromatic carbocycles. The molecule has 4 N–H and O–H groups in total. The van der Waals surface area contributed by atoms with Gasteiger partial charge in [0.05, 0.1) is 18.8 Å². The quantitative estimate of drug-likeness (QED) is 0.631. The highest BCUT2D eigenvalue weighted by Gasteiger charge is 2.25. The van der Waals surface area contributed by atoms with Crippen molar-refractivity contribution in [1.29, 1.82) is 0 Å². The molecule has 0 aliphatic heterocycles. The largest absolute Gasteiger partial charge is 0.394 e. The number of aliphatic hydroxyl groups excluding tert-OH is 2. The molecule has 6 heteroatoms. The van der Waals surface area contributed by atoms with E-state index in [9.17, 15) is 9.59 Å². The number of aromatic nitrogens is 1. The molecule has 0 radical (unpaired) electrons. The van der Waals surface area contributed by atoms with E-state index in [-0.39, 0.29) is 11.1 Å². The van der Waals surface area contributed by atoms with Crippen LogP contribution in [0.5, 0.6) is 0 Å². The Balaban J connectivity index is 2.38. The van der Waals surface area contributed by atoms with E-state index in [1.165, 1.54) is 13.0 Å². The molecule has 0 saturated carbocycles. The molecule has 0 saturated heterocycles. The highest BCUT2D eigenvalue weighted by atomic mass is 16.3. The van der Waals surface area contributed by atoms with Crippen LogP contribution in [0, 0.1) is 0 Å². The maximum Gasteiger partial charge on any atom is 0.268 e. The highest BCUT2D eigenvalue weighted by Crippen LogP contribution is 2.08. The van der Waals surface area contributed by atoms with Crippen molar-refractivity contribution in [3.8, 4) is 0 Å². The lowest BCUT2D eigenvalue weighted by atomic mass is 10.1. The first kappa shape index (κ1) is 14.2. The fourth-order valence-electron chi connectivity index (χ4n) is 1.79. The van der Waals surface area contributed by atoms with Crippen LogP contribution >= 0.6 is 0 Å². The minimum Gasteiger partial charge on any atom is -0.394 e. The number of aromatic amines is 1. The first-order valence-corrected chi connectivity index (χ1v) is 6.15. The number of hydrogen-bond acceptors (Lipinski definition) is 4. The molecule has 2 aromatic rings. The van der Waals surface area contributed by atoms with E-state index in [2.05, 4.69) is 10.3 Å². The monoisotopic (exact) mass is 276 g/mol. The molecule has 0 spiro atoms. The van der Waals surface area contributed by atoms with Gasteiger partial charge in [0.1, 0.15) is 5.69 Å². The molecule has 0 fully saturated rings. The number of hydrogen-bond donors (Lipinski definition) is 4. The van der Waals surface area contributed by atoms with E-state index in [0.29, 0.717) is 10.9 Å². The third kappa shape index (κ3) is 2.71. The number of nitrogens with one attached hydrogen (secondary N) is 2. The molecule has 0 aliphatic carbocycles. The number of carbonyl (C=O) groups excluding carboxylic acids is 1. The number of benzene rings is 1. The van der Waals surface area contributed by atoms with Gasteiger partial charge in [0.25, 0.3) is 5.91 Å². The van der Waals surface area contributed by atoms with Crippen molar-refractivity contribution in [3.63, 3.8) is 0 Å². The molecule has 20 heavy (non-hydrogen) atoms. The lowest BCUT2D eigenvalue weighted by Crippen LogP contribution is -2.52. The van der Waals surface area contributed by atoms with Gasteiger partial charge in [-0.1, -0.05) is 12.1 Å². The Morgan fingerprint density at radius 1 is 1.30 bits per heavy atom. The van der Waals surface area contributed by atoms with Crippen LogP contribution in [-0.2, 0) is 0 Å². The van der Waals surface area contributed by atoms with E-state index >= 15 is 0 Å². The van der Waals surface area contributed by atoms with Crippen molar-refractivity contribution in [1.82, 2.24) is 10.3 Å². The summed E-state index contributed by atoms with van der Waals surface area (Å²) in [6.45, 7) is 0.685. The Kier molecular flexibility index (Phi) is 3.87. The number of rotatable bonds is 4. The van der Waals surface area contributed by atoms with Crippen molar-refractivity contribution in [2.75, 3.05) is 13.2 Å². The molecule has 0 bridgehead atoms. The summed E-state index contributed by atoms with van der Waals surface area (Å²) in [5.74, 6) is -0.557. The van der Waals surface area contributed by atoms with Crippen LogP contribution in [0.15, 0.2) is 35.1 Å². The van der Waals surface area contributed by atoms with E-state index in [1.54, 1.807) is 24.3 Å². The van der Waals surface area contributed by atoms with Crippen molar-refractivity contribution in [3.05, 3.63) is 46.2 Å². The predicted octanol–water partition coefficient (Wildman–Crippen LogP) is 0.00120. The Morgan fingerprint density at radius 2 is 1.95 bits per heavy atom. The second-order valence-corrected chi connectivity index (χ2v) is 4.92. The summed E-state index contributed by atoms with van der Waals surface area (Å²) in [7, 11) is 0. The van der Waals surface area contributed by atoms with E-state index in [1.807, 2.05) is 0 Å². The first-order valence-electron chi connectivity index (χ1n) is 6.15. The molecular weight excluding hydrogens is 260 g/mol. The maximum absolute atomic E-state index is 12.1. The van der Waals surface area contributed by atoms with Gasteiger partial charge in [0, 0.05) is 17.0 Å². The fraction of sp³-hybridized carbons (Fsp3) is 0.286. The molecule has 6 nitrogen and oxygen atoms in total. The van der Waals surface area contributed by atoms with Gasteiger partial charge in [-0.25, -0.2) is 0 Å².